The zero-order chi connectivity index (χ0) is 35.6. The lowest BCUT2D eigenvalue weighted by Gasteiger charge is -2.19. The number of hydrogen-bond acceptors (Lipinski definition) is 7. The lowest BCUT2D eigenvalue weighted by Crippen LogP contribution is -2.14. The van der Waals surface area contributed by atoms with Crippen molar-refractivity contribution in [3.63, 3.8) is 0 Å². The Morgan fingerprint density at radius 1 is 0.500 bits per heavy atom. The van der Waals surface area contributed by atoms with E-state index in [1.807, 2.05) is 97.1 Å². The van der Waals surface area contributed by atoms with Crippen molar-refractivity contribution in [2.24, 2.45) is 0 Å². The van der Waals surface area contributed by atoms with Crippen LogP contribution in [0.5, 0.6) is 5.75 Å². The Balaban J connectivity index is 1.16. The van der Waals surface area contributed by atoms with E-state index < -0.39 is 0 Å². The molecule has 0 saturated carbocycles. The monoisotopic (exact) mass is 662 g/mol. The van der Waals surface area contributed by atoms with Crippen molar-refractivity contribution in [3.8, 4) is 50.9 Å². The molecule has 0 aliphatic rings. The lowest BCUT2D eigenvalue weighted by molar-refractivity contribution is 0.415. The summed E-state index contributed by atoms with van der Waals surface area (Å²) in [5.41, 5.74) is 9.35. The molecule has 252 valence electrons. The summed E-state index contributed by atoms with van der Waals surface area (Å²) in [7, 11) is 1.66. The van der Waals surface area contributed by atoms with Crippen LogP contribution in [0.25, 0.3) is 45.2 Å². The first-order chi connectivity index (χ1) is 23.8. The number of hydrogen-bond donors (Lipinski definition) is 2. The van der Waals surface area contributed by atoms with Crippen molar-refractivity contribution >= 4 is 11.8 Å². The second-order valence-corrected chi connectivity index (χ2v) is 14.4. The van der Waals surface area contributed by atoms with Crippen LogP contribution in [0.3, 0.4) is 0 Å². The number of aromatic nitrogens is 2. The number of rotatable bonds is 7. The summed E-state index contributed by atoms with van der Waals surface area (Å²) in [5, 5.41) is 25.5. The van der Waals surface area contributed by atoms with Gasteiger partial charge in [-0.25, -0.2) is 0 Å². The minimum atomic E-state index is -0.0836. The van der Waals surface area contributed by atoms with Gasteiger partial charge in [0.05, 0.1) is 7.11 Å². The van der Waals surface area contributed by atoms with Gasteiger partial charge in [0, 0.05) is 22.3 Å². The summed E-state index contributed by atoms with van der Waals surface area (Å²) in [6, 6.07) is 37.6. The smallest absolute Gasteiger partial charge is 0.248 e. The molecule has 0 atom stereocenters. The van der Waals surface area contributed by atoms with Crippen LogP contribution >= 0.6 is 0 Å². The summed E-state index contributed by atoms with van der Waals surface area (Å²) >= 11 is 0. The quantitative estimate of drug-likeness (QED) is 0.131. The highest BCUT2D eigenvalue weighted by atomic mass is 16.5. The number of benzene rings is 5. The van der Waals surface area contributed by atoms with E-state index in [-0.39, 0.29) is 22.6 Å². The first-order valence-electron chi connectivity index (χ1n) is 16.6. The minimum Gasteiger partial charge on any atom is -0.497 e. The lowest BCUT2D eigenvalue weighted by atomic mass is 9.87. The average Bonchev–Trinajstić information content (AvgIpc) is 3.61. The fourth-order valence-electron chi connectivity index (χ4n) is 5.58. The molecule has 0 amide bonds. The molecule has 0 bridgehead atoms. The van der Waals surface area contributed by atoms with Crippen molar-refractivity contribution in [1.29, 1.82) is 10.8 Å². The largest absolute Gasteiger partial charge is 0.497 e. The van der Waals surface area contributed by atoms with E-state index in [2.05, 4.69) is 69.9 Å². The van der Waals surface area contributed by atoms with E-state index >= 15 is 0 Å². The molecule has 50 heavy (non-hydrogen) atoms. The molecular weight excluding hydrogens is 620 g/mol. The van der Waals surface area contributed by atoms with Gasteiger partial charge >= 0.3 is 0 Å². The maximum atomic E-state index is 8.49. The van der Waals surface area contributed by atoms with Crippen LogP contribution in [-0.4, -0.2) is 29.1 Å². The average molecular weight is 663 g/mol. The predicted octanol–water partition coefficient (Wildman–Crippen LogP) is 10.7. The van der Waals surface area contributed by atoms with Crippen LogP contribution in [-0.2, 0) is 15.6 Å². The maximum absolute atomic E-state index is 8.49. The van der Waals surface area contributed by atoms with Gasteiger partial charge in [-0.15, -0.1) is 10.2 Å². The maximum Gasteiger partial charge on any atom is 0.248 e. The van der Waals surface area contributed by atoms with Crippen molar-refractivity contribution in [3.05, 3.63) is 138 Å². The summed E-state index contributed by atoms with van der Waals surface area (Å²) in [5.74, 6) is 1.53. The first kappa shape index (κ1) is 34.1. The van der Waals surface area contributed by atoms with Crippen LogP contribution in [0.15, 0.2) is 120 Å². The Morgan fingerprint density at radius 3 is 1.28 bits per heavy atom. The third-order valence-corrected chi connectivity index (χ3v) is 8.73. The van der Waals surface area contributed by atoms with Gasteiger partial charge in [0.15, 0.2) is 0 Å². The van der Waals surface area contributed by atoms with Crippen molar-refractivity contribution < 1.29 is 13.9 Å². The number of methoxy groups -OCH3 is 1. The van der Waals surface area contributed by atoms with Crippen LogP contribution in [0, 0.1) is 10.8 Å². The molecule has 0 aliphatic carbocycles. The SMILES string of the molecule is COc1cc(-c2ccc(C(=N)OC(=N)c3ccc(C(C)(C)C)cc3)cc2)cc(-c2ccc(-c3nnc(-c4ccc(C(C)(C)C)cc4)o3)cc2)c1. The molecule has 6 rings (SSSR count). The second-order valence-electron chi connectivity index (χ2n) is 14.4. The molecule has 1 aromatic heterocycles. The van der Waals surface area contributed by atoms with Crippen LogP contribution in [0.1, 0.15) is 63.8 Å². The third-order valence-electron chi connectivity index (χ3n) is 8.73. The Hall–Kier alpha value is -5.82. The van der Waals surface area contributed by atoms with E-state index in [9.17, 15) is 0 Å². The van der Waals surface area contributed by atoms with Gasteiger partial charge in [-0.2, -0.15) is 0 Å². The van der Waals surface area contributed by atoms with Gasteiger partial charge in [-0.05, 0) is 111 Å². The first-order valence-corrected chi connectivity index (χ1v) is 16.6. The molecule has 0 fully saturated rings. The highest BCUT2D eigenvalue weighted by Crippen LogP contribution is 2.34. The van der Waals surface area contributed by atoms with Crippen molar-refractivity contribution in [2.75, 3.05) is 7.11 Å². The number of nitrogens with one attached hydrogen (secondary N) is 2. The van der Waals surface area contributed by atoms with E-state index in [4.69, 9.17) is 24.7 Å². The molecule has 5 aromatic carbocycles. The highest BCUT2D eigenvalue weighted by molar-refractivity contribution is 6.05. The molecule has 2 N–H and O–H groups in total. The Kier molecular flexibility index (Phi) is 9.26. The summed E-state index contributed by atoms with van der Waals surface area (Å²) < 4.78 is 17.3. The molecule has 7 nitrogen and oxygen atoms in total. The Labute approximate surface area is 294 Å². The Bertz CT molecular complexity index is 2130. The minimum absolute atomic E-state index is 0.0194. The van der Waals surface area contributed by atoms with Gasteiger partial charge in [0.25, 0.3) is 0 Å². The normalized spacial score (nSPS) is 11.7. The molecule has 7 heteroatoms. The molecule has 0 radical (unpaired) electrons. The predicted molar refractivity (Wildman–Crippen MR) is 201 cm³/mol. The molecular formula is C43H42N4O3. The highest BCUT2D eigenvalue weighted by Gasteiger charge is 2.17. The van der Waals surface area contributed by atoms with Gasteiger partial charge < -0.3 is 13.9 Å². The summed E-state index contributed by atoms with van der Waals surface area (Å²) in [4.78, 5) is 0. The molecule has 0 unspecified atom stereocenters. The standard InChI is InChI=1S/C43H42N4O3/c1-42(2,3)35-20-16-30(17-21-35)39(45)49-38(44)29-12-8-27(9-13-29)33-24-34(26-37(25-33)48-7)28-10-14-31(15-11-28)40-46-47-41(50-40)32-18-22-36(23-19-32)43(4,5)6/h8-26,44-45H,1-7H3. The fourth-order valence-corrected chi connectivity index (χ4v) is 5.58. The van der Waals surface area contributed by atoms with Crippen LogP contribution < -0.4 is 4.74 Å². The van der Waals surface area contributed by atoms with Gasteiger partial charge in [-0.1, -0.05) is 90.1 Å². The molecule has 0 saturated heterocycles. The molecule has 6 aromatic rings. The third kappa shape index (κ3) is 7.57. The van der Waals surface area contributed by atoms with Gasteiger partial charge in [-0.3, -0.25) is 10.8 Å². The molecule has 0 spiro atoms. The van der Waals surface area contributed by atoms with E-state index in [1.54, 1.807) is 7.11 Å². The number of ether oxygens (including phenoxy) is 2. The fraction of sp³-hybridized carbons (Fsp3) is 0.209. The molecule has 0 aliphatic heterocycles. The Morgan fingerprint density at radius 2 is 0.860 bits per heavy atom. The van der Waals surface area contributed by atoms with Crippen molar-refractivity contribution in [2.45, 2.75) is 52.4 Å². The summed E-state index contributed by atoms with van der Waals surface area (Å²) in [6.45, 7) is 13.0. The van der Waals surface area contributed by atoms with Crippen LogP contribution in [0.4, 0.5) is 0 Å². The van der Waals surface area contributed by atoms with Crippen LogP contribution in [0.2, 0.25) is 0 Å². The van der Waals surface area contributed by atoms with Crippen molar-refractivity contribution in [1.82, 2.24) is 10.2 Å². The van der Waals surface area contributed by atoms with E-state index in [0.717, 1.165) is 39.1 Å². The zero-order valence-corrected chi connectivity index (χ0v) is 29.6. The van der Waals surface area contributed by atoms with E-state index in [0.29, 0.717) is 22.9 Å². The number of nitrogens with zero attached hydrogens (tertiary/aromatic N) is 2. The van der Waals surface area contributed by atoms with Gasteiger partial charge in [0.1, 0.15) is 5.75 Å². The zero-order valence-electron chi connectivity index (χ0n) is 29.6. The second kappa shape index (κ2) is 13.6. The summed E-state index contributed by atoms with van der Waals surface area (Å²) in [6.07, 6.45) is 0. The van der Waals surface area contributed by atoms with E-state index in [1.165, 1.54) is 11.1 Å². The topological polar surface area (TPSA) is 105 Å². The molecule has 1 heterocycles. The van der Waals surface area contributed by atoms with Gasteiger partial charge in [0.2, 0.25) is 23.6 Å².